The lowest BCUT2D eigenvalue weighted by Crippen LogP contribution is -2.25. The summed E-state index contributed by atoms with van der Waals surface area (Å²) in [5, 5.41) is 23.8. The average molecular weight is 485 g/mol. The molecule has 0 spiro atoms. The van der Waals surface area contributed by atoms with Crippen LogP contribution in [0.1, 0.15) is 43.4 Å². The monoisotopic (exact) mass is 484 g/mol. The molecule has 5 rings (SSSR count). The molecule has 2 heterocycles. The van der Waals surface area contributed by atoms with Gasteiger partial charge in [0.05, 0.1) is 29.1 Å². The third kappa shape index (κ3) is 4.64. The lowest BCUT2D eigenvalue weighted by atomic mass is 9.94. The van der Waals surface area contributed by atoms with Crippen molar-refractivity contribution in [1.29, 1.82) is 5.41 Å². The molecule has 0 aliphatic heterocycles. The van der Waals surface area contributed by atoms with Gasteiger partial charge < -0.3 is 25.9 Å². The van der Waals surface area contributed by atoms with E-state index < -0.39 is 11.4 Å². The summed E-state index contributed by atoms with van der Waals surface area (Å²) in [5.41, 5.74) is 3.15. The van der Waals surface area contributed by atoms with E-state index in [1.807, 2.05) is 36.4 Å². The van der Waals surface area contributed by atoms with Crippen LogP contribution in [0.5, 0.6) is 5.88 Å². The summed E-state index contributed by atoms with van der Waals surface area (Å²) in [6.45, 7) is 0. The Morgan fingerprint density at radius 1 is 1.11 bits per heavy atom. The number of nitrogens with one attached hydrogen (secondary N) is 3. The first kappa shape index (κ1) is 23.5. The van der Waals surface area contributed by atoms with Crippen molar-refractivity contribution in [3.63, 3.8) is 0 Å². The number of carboxylic acid groups (broad SMARTS) is 1. The van der Waals surface area contributed by atoms with E-state index in [0.717, 1.165) is 29.5 Å². The van der Waals surface area contributed by atoms with Crippen LogP contribution in [0.2, 0.25) is 0 Å². The van der Waals surface area contributed by atoms with Gasteiger partial charge in [0.2, 0.25) is 5.88 Å². The van der Waals surface area contributed by atoms with Crippen LogP contribution in [-0.4, -0.2) is 45.4 Å². The van der Waals surface area contributed by atoms with Gasteiger partial charge in [0.1, 0.15) is 11.9 Å². The molecule has 2 aliphatic carbocycles. The lowest BCUT2D eigenvalue weighted by molar-refractivity contribution is -0.140. The normalized spacial score (nSPS) is 16.8. The minimum atomic E-state index is -0.759. The predicted octanol–water partition coefficient (Wildman–Crippen LogP) is 4.24. The number of aliphatic carboxylic acids is 1. The number of rotatable bonds is 10. The fraction of sp³-hybridized carbons (Fsp3) is 0.296. The van der Waals surface area contributed by atoms with Crippen molar-refractivity contribution >= 4 is 23.6 Å². The fourth-order valence-corrected chi connectivity index (χ4v) is 4.25. The largest absolute Gasteiger partial charge is 0.481 e. The van der Waals surface area contributed by atoms with Crippen molar-refractivity contribution < 1.29 is 14.6 Å². The molecule has 0 saturated heterocycles. The summed E-state index contributed by atoms with van der Waals surface area (Å²) in [6.07, 6.45) is 11.0. The zero-order chi connectivity index (χ0) is 25.1. The van der Waals surface area contributed by atoms with Gasteiger partial charge in [-0.05, 0) is 49.3 Å². The summed E-state index contributed by atoms with van der Waals surface area (Å²) in [7, 11) is 1.76. The number of carbonyl (C=O) groups is 1. The highest BCUT2D eigenvalue weighted by atomic mass is 16.5. The maximum absolute atomic E-state index is 11.6. The molecule has 2 saturated carbocycles. The van der Waals surface area contributed by atoms with Gasteiger partial charge >= 0.3 is 5.97 Å². The Morgan fingerprint density at radius 2 is 1.86 bits per heavy atom. The summed E-state index contributed by atoms with van der Waals surface area (Å²) in [6, 6.07) is 11.4. The van der Waals surface area contributed by atoms with E-state index in [0.29, 0.717) is 41.6 Å². The third-order valence-corrected chi connectivity index (χ3v) is 6.84. The van der Waals surface area contributed by atoms with E-state index in [2.05, 4.69) is 25.6 Å². The van der Waals surface area contributed by atoms with E-state index in [9.17, 15) is 9.90 Å². The van der Waals surface area contributed by atoms with Gasteiger partial charge in [0, 0.05) is 25.0 Å². The van der Waals surface area contributed by atoms with E-state index in [1.165, 1.54) is 12.6 Å². The Hall–Kier alpha value is -4.27. The second-order valence-corrected chi connectivity index (χ2v) is 9.12. The number of allylic oxidation sites excluding steroid dienone is 1. The number of carboxylic acids is 1. The van der Waals surface area contributed by atoms with Crippen molar-refractivity contribution in [1.82, 2.24) is 20.3 Å². The molecular formula is C27H28N6O3. The van der Waals surface area contributed by atoms with Crippen molar-refractivity contribution in [3.8, 4) is 17.0 Å². The smallest absolute Gasteiger partial charge is 0.314 e. The van der Waals surface area contributed by atoms with Crippen LogP contribution in [0.25, 0.3) is 16.7 Å². The maximum Gasteiger partial charge on any atom is 0.314 e. The predicted molar refractivity (Wildman–Crippen MR) is 137 cm³/mol. The molecule has 4 N–H and O–H groups in total. The van der Waals surface area contributed by atoms with Gasteiger partial charge in [-0.3, -0.25) is 14.8 Å². The van der Waals surface area contributed by atoms with Crippen molar-refractivity contribution in [3.05, 3.63) is 72.1 Å². The Morgan fingerprint density at radius 3 is 2.42 bits per heavy atom. The maximum atomic E-state index is 11.6. The van der Waals surface area contributed by atoms with Crippen LogP contribution in [-0.2, 0) is 10.2 Å². The molecule has 36 heavy (non-hydrogen) atoms. The standard InChI is InChI=1S/C27H28N6O3/c1-29-25(33-23-15-30-16-24(32-23)36-20-3-2-4-20)21(13-28)22-10-7-18(14-31-22)17-5-8-19(9-6-17)27(11-12-27)26(34)35/h5-10,13-16,20,28-29H,2-4,11-12H2,1H3,(H,32,33)(H,34,35)/b25-21-,28-13?. The van der Waals surface area contributed by atoms with Gasteiger partial charge in [-0.2, -0.15) is 4.98 Å². The summed E-state index contributed by atoms with van der Waals surface area (Å²) in [4.78, 5) is 24.9. The van der Waals surface area contributed by atoms with Crippen LogP contribution >= 0.6 is 0 Å². The molecule has 2 fully saturated rings. The van der Waals surface area contributed by atoms with Crippen molar-refractivity contribution in [2.45, 2.75) is 43.6 Å². The Balaban J connectivity index is 1.34. The number of nitrogens with zero attached hydrogens (tertiary/aromatic N) is 3. The second kappa shape index (κ2) is 9.77. The topological polar surface area (TPSA) is 133 Å². The molecule has 1 aromatic carbocycles. The highest BCUT2D eigenvalue weighted by Crippen LogP contribution is 2.48. The minimum Gasteiger partial charge on any atom is -0.481 e. The van der Waals surface area contributed by atoms with E-state index >= 15 is 0 Å². The lowest BCUT2D eigenvalue weighted by Gasteiger charge is -2.25. The first-order chi connectivity index (χ1) is 17.5. The highest BCUT2D eigenvalue weighted by Gasteiger charge is 2.51. The van der Waals surface area contributed by atoms with Gasteiger partial charge in [-0.25, -0.2) is 0 Å². The molecule has 2 aliphatic rings. The summed E-state index contributed by atoms with van der Waals surface area (Å²) >= 11 is 0. The number of hydrogen-bond donors (Lipinski definition) is 4. The minimum absolute atomic E-state index is 0.205. The van der Waals surface area contributed by atoms with Crippen molar-refractivity contribution in [2.75, 3.05) is 12.4 Å². The quantitative estimate of drug-likeness (QED) is 0.314. The van der Waals surface area contributed by atoms with E-state index in [4.69, 9.17) is 10.1 Å². The molecular weight excluding hydrogens is 456 g/mol. The summed E-state index contributed by atoms with van der Waals surface area (Å²) < 4.78 is 5.84. The zero-order valence-corrected chi connectivity index (χ0v) is 20.0. The number of aromatic nitrogens is 3. The zero-order valence-electron chi connectivity index (χ0n) is 20.0. The van der Waals surface area contributed by atoms with Crippen molar-refractivity contribution in [2.24, 2.45) is 0 Å². The van der Waals surface area contributed by atoms with E-state index in [1.54, 1.807) is 25.6 Å². The fourth-order valence-electron chi connectivity index (χ4n) is 4.25. The average Bonchev–Trinajstić information content (AvgIpc) is 3.69. The first-order valence-electron chi connectivity index (χ1n) is 12.0. The van der Waals surface area contributed by atoms with Gasteiger partial charge in [-0.15, -0.1) is 0 Å². The van der Waals surface area contributed by atoms with Crippen LogP contribution in [0.3, 0.4) is 0 Å². The Labute approximate surface area is 209 Å². The molecule has 9 nitrogen and oxygen atoms in total. The van der Waals surface area contributed by atoms with Gasteiger partial charge in [-0.1, -0.05) is 30.3 Å². The molecule has 9 heteroatoms. The number of ether oxygens (including phenoxy) is 1. The van der Waals surface area contributed by atoms with E-state index in [-0.39, 0.29) is 6.10 Å². The van der Waals surface area contributed by atoms with Crippen LogP contribution in [0.4, 0.5) is 5.82 Å². The van der Waals surface area contributed by atoms with Gasteiger partial charge in [0.25, 0.3) is 0 Å². The van der Waals surface area contributed by atoms with Crippen LogP contribution in [0.15, 0.2) is 60.8 Å². The molecule has 2 aromatic heterocycles. The molecule has 0 radical (unpaired) electrons. The summed E-state index contributed by atoms with van der Waals surface area (Å²) in [5.74, 6) is 0.779. The number of hydrogen-bond acceptors (Lipinski definition) is 8. The number of anilines is 1. The second-order valence-electron chi connectivity index (χ2n) is 9.12. The molecule has 3 aromatic rings. The van der Waals surface area contributed by atoms with Gasteiger partial charge in [0.15, 0.2) is 5.82 Å². The Bertz CT molecular complexity index is 1300. The van der Waals surface area contributed by atoms with Crippen LogP contribution < -0.4 is 15.4 Å². The van der Waals surface area contributed by atoms with Crippen LogP contribution in [0, 0.1) is 5.41 Å². The molecule has 0 amide bonds. The molecule has 0 atom stereocenters. The number of pyridine rings is 1. The third-order valence-electron chi connectivity index (χ3n) is 6.84. The molecule has 0 bridgehead atoms. The first-order valence-corrected chi connectivity index (χ1v) is 12.0. The molecule has 0 unspecified atom stereocenters. The Kier molecular flexibility index (Phi) is 6.37. The number of benzene rings is 1. The molecule has 184 valence electrons. The SMILES string of the molecule is CN/C(Nc1cncc(OC2CCC2)n1)=C(\C=N)c1ccc(-c2ccc(C3(C(=O)O)CC3)cc2)cn1. The highest BCUT2D eigenvalue weighted by molar-refractivity contribution is 6.09.